The van der Waals surface area contributed by atoms with E-state index in [0.717, 1.165) is 40.4 Å². The van der Waals surface area contributed by atoms with Crippen molar-refractivity contribution in [2.75, 3.05) is 11.9 Å². The van der Waals surface area contributed by atoms with E-state index < -0.39 is 0 Å². The summed E-state index contributed by atoms with van der Waals surface area (Å²) >= 11 is 0. The van der Waals surface area contributed by atoms with E-state index in [9.17, 15) is 0 Å². The molecular weight excluding hydrogens is 306 g/mol. The first-order valence-corrected chi connectivity index (χ1v) is 9.72. The maximum atomic E-state index is 8.31. The number of nitrogens with one attached hydrogen (secondary N) is 3. The van der Waals surface area contributed by atoms with Crippen LogP contribution < -0.4 is 21.1 Å². The van der Waals surface area contributed by atoms with Crippen LogP contribution in [0.4, 0.5) is 5.69 Å². The van der Waals surface area contributed by atoms with Gasteiger partial charge in [0.1, 0.15) is 0 Å². The molecule has 0 spiro atoms. The Labute approximate surface area is 152 Å². The van der Waals surface area contributed by atoms with Gasteiger partial charge in [-0.15, -0.1) is 0 Å². The first kappa shape index (κ1) is 18.0. The van der Waals surface area contributed by atoms with Gasteiger partial charge >= 0.3 is 0 Å². The number of rotatable bonds is 3. The Morgan fingerprint density at radius 1 is 1.28 bits per heavy atom. The van der Waals surface area contributed by atoms with E-state index >= 15 is 0 Å². The fraction of sp³-hybridized carbons (Fsp3) is 0.591. The van der Waals surface area contributed by atoms with Gasteiger partial charge in [-0.1, -0.05) is 38.6 Å². The van der Waals surface area contributed by atoms with Crippen LogP contribution in [0.1, 0.15) is 52.9 Å². The van der Waals surface area contributed by atoms with Crippen molar-refractivity contribution in [3.05, 3.63) is 28.6 Å². The van der Waals surface area contributed by atoms with Crippen LogP contribution in [-0.4, -0.2) is 12.5 Å². The molecule has 2 atom stereocenters. The first-order chi connectivity index (χ1) is 11.9. The van der Waals surface area contributed by atoms with Crippen LogP contribution in [0.15, 0.2) is 18.2 Å². The molecule has 0 aliphatic heterocycles. The highest BCUT2D eigenvalue weighted by Crippen LogP contribution is 2.49. The molecule has 2 saturated carbocycles. The number of hydrogen-bond acceptors (Lipinski definition) is 1. The predicted octanol–water partition coefficient (Wildman–Crippen LogP) is 3.69. The Bertz CT molecular complexity index is 718. The van der Waals surface area contributed by atoms with Gasteiger partial charge in [0.2, 0.25) is 0 Å². The third-order valence-electron chi connectivity index (χ3n) is 6.14. The minimum absolute atomic E-state index is 0.315. The van der Waals surface area contributed by atoms with Crippen molar-refractivity contribution >= 4 is 24.3 Å². The largest absolute Gasteiger partial charge is 0.356 e. The van der Waals surface area contributed by atoms with Crippen molar-refractivity contribution in [2.45, 2.75) is 52.9 Å². The normalized spacial score (nSPS) is 32.3. The van der Waals surface area contributed by atoms with E-state index in [4.69, 9.17) is 5.41 Å². The molecular formula is C22H33N3. The minimum atomic E-state index is 0.315. The fourth-order valence-electron chi connectivity index (χ4n) is 5.40. The zero-order valence-electron chi connectivity index (χ0n) is 16.0. The average molecular weight is 340 g/mol. The number of benzene rings is 1. The molecule has 2 unspecified atom stereocenters. The number of hydrogen-bond donors (Lipinski definition) is 3. The molecule has 1 aromatic carbocycles. The van der Waals surface area contributed by atoms with Crippen LogP contribution in [0.3, 0.4) is 0 Å². The van der Waals surface area contributed by atoms with Crippen molar-refractivity contribution in [1.29, 1.82) is 5.41 Å². The van der Waals surface area contributed by atoms with E-state index in [1.54, 1.807) is 0 Å². The Kier molecular flexibility index (Phi) is 5.21. The highest BCUT2D eigenvalue weighted by molar-refractivity contribution is 5.91. The zero-order chi connectivity index (χ0) is 18.0. The van der Waals surface area contributed by atoms with Gasteiger partial charge in [0.15, 0.2) is 5.96 Å². The van der Waals surface area contributed by atoms with E-state index in [1.807, 2.05) is 31.2 Å². The van der Waals surface area contributed by atoms with Crippen LogP contribution in [0.2, 0.25) is 0 Å². The summed E-state index contributed by atoms with van der Waals surface area (Å²) in [4.78, 5) is 0. The number of anilines is 1. The third kappa shape index (κ3) is 4.26. The Morgan fingerprint density at radius 3 is 2.60 bits per heavy atom. The van der Waals surface area contributed by atoms with Gasteiger partial charge in [0, 0.05) is 17.5 Å². The summed E-state index contributed by atoms with van der Waals surface area (Å²) < 4.78 is 0. The fourth-order valence-corrected chi connectivity index (χ4v) is 5.40. The molecule has 25 heavy (non-hydrogen) atoms. The van der Waals surface area contributed by atoms with Gasteiger partial charge in [0.05, 0.1) is 0 Å². The molecule has 0 heterocycles. The monoisotopic (exact) mass is 339 g/mol. The quantitative estimate of drug-likeness (QED) is 0.581. The van der Waals surface area contributed by atoms with Gasteiger partial charge in [-0.3, -0.25) is 5.41 Å². The van der Waals surface area contributed by atoms with Crippen molar-refractivity contribution in [3.8, 4) is 0 Å². The minimum Gasteiger partial charge on any atom is -0.356 e. The van der Waals surface area contributed by atoms with Crippen LogP contribution >= 0.6 is 0 Å². The molecule has 3 rings (SSSR count). The van der Waals surface area contributed by atoms with E-state index in [1.165, 1.54) is 32.1 Å². The third-order valence-corrected chi connectivity index (χ3v) is 6.14. The smallest absolute Gasteiger partial charge is 0.192 e. The molecule has 1 aromatic rings. The van der Waals surface area contributed by atoms with E-state index in [0.29, 0.717) is 11.4 Å². The van der Waals surface area contributed by atoms with Crippen molar-refractivity contribution in [2.24, 2.45) is 23.2 Å². The standard InChI is InChI=1S/C22H33N3/c1-5-19-16(3)7-6-8-20(19)25-21(23)24-14-22(4)12-17-9-15(2)10-18(11-17)13-22/h5-8,15,17-18H,3,9-14H2,1-2,4H3,(H3,23,24,25)/b19-5+. The average Bonchev–Trinajstić information content (AvgIpc) is 2.52. The lowest BCUT2D eigenvalue weighted by molar-refractivity contribution is 0.0492. The van der Waals surface area contributed by atoms with E-state index in [-0.39, 0.29) is 0 Å². The van der Waals surface area contributed by atoms with Crippen LogP contribution in [0, 0.1) is 28.6 Å². The van der Waals surface area contributed by atoms with Crippen molar-refractivity contribution in [3.63, 3.8) is 0 Å². The van der Waals surface area contributed by atoms with E-state index in [2.05, 4.69) is 31.1 Å². The first-order valence-electron chi connectivity index (χ1n) is 9.72. The molecule has 2 aliphatic carbocycles. The SMILES string of the molecule is C=c1cccc(NC(=N)NCC2(C)CC3CC(C)CC(C3)C2)/c1=C/C. The van der Waals surface area contributed by atoms with Gasteiger partial charge in [-0.05, 0) is 73.5 Å². The van der Waals surface area contributed by atoms with Crippen molar-refractivity contribution in [1.82, 2.24) is 5.32 Å². The Hall–Kier alpha value is -1.77. The topological polar surface area (TPSA) is 47.9 Å². The number of fused-ring (bicyclic) bond motifs is 2. The van der Waals surface area contributed by atoms with Gasteiger partial charge in [-0.2, -0.15) is 0 Å². The summed E-state index contributed by atoms with van der Waals surface area (Å²) in [6.45, 7) is 11.8. The van der Waals surface area contributed by atoms with Gasteiger partial charge in [0.25, 0.3) is 0 Å². The highest BCUT2D eigenvalue weighted by atomic mass is 15.1. The second-order valence-electron chi connectivity index (χ2n) is 8.78. The molecule has 2 fully saturated rings. The summed E-state index contributed by atoms with van der Waals surface area (Å²) in [7, 11) is 0. The lowest BCUT2D eigenvalue weighted by Gasteiger charge is -2.47. The van der Waals surface area contributed by atoms with Gasteiger partial charge in [-0.25, -0.2) is 0 Å². The summed E-state index contributed by atoms with van der Waals surface area (Å²) in [5.74, 6) is 3.07. The molecule has 3 heteroatoms. The maximum absolute atomic E-state index is 8.31. The van der Waals surface area contributed by atoms with Crippen LogP contribution in [0.5, 0.6) is 0 Å². The molecule has 0 radical (unpaired) electrons. The molecule has 0 amide bonds. The zero-order valence-corrected chi connectivity index (χ0v) is 16.0. The summed E-state index contributed by atoms with van der Waals surface area (Å²) in [6.07, 6.45) is 8.87. The second kappa shape index (κ2) is 7.23. The molecule has 2 bridgehead atoms. The predicted molar refractivity (Wildman–Crippen MR) is 108 cm³/mol. The molecule has 136 valence electrons. The summed E-state index contributed by atoms with van der Waals surface area (Å²) in [5, 5.41) is 16.9. The maximum Gasteiger partial charge on any atom is 0.192 e. The van der Waals surface area contributed by atoms with Gasteiger partial charge < -0.3 is 10.6 Å². The molecule has 2 aliphatic rings. The lowest BCUT2D eigenvalue weighted by atomic mass is 9.59. The summed E-state index contributed by atoms with van der Waals surface area (Å²) in [5.41, 5.74) is 1.27. The molecule has 3 nitrogen and oxygen atoms in total. The second-order valence-corrected chi connectivity index (χ2v) is 8.78. The Balaban J connectivity index is 1.60. The van der Waals surface area contributed by atoms with Crippen LogP contribution in [0.25, 0.3) is 12.7 Å². The lowest BCUT2D eigenvalue weighted by Crippen LogP contribution is -2.45. The van der Waals surface area contributed by atoms with Crippen LogP contribution in [-0.2, 0) is 0 Å². The highest BCUT2D eigenvalue weighted by Gasteiger charge is 2.40. The van der Waals surface area contributed by atoms with Crippen molar-refractivity contribution < 1.29 is 0 Å². The molecule has 0 aromatic heterocycles. The molecule has 0 saturated heterocycles. The molecule has 3 N–H and O–H groups in total. The Morgan fingerprint density at radius 2 is 1.96 bits per heavy atom. The summed E-state index contributed by atoms with van der Waals surface area (Å²) in [6, 6.07) is 5.99. The number of guanidine groups is 1.